The number of amides is 2. The number of urea groups is 1. The van der Waals surface area contributed by atoms with Crippen LogP contribution < -0.4 is 10.6 Å². The van der Waals surface area contributed by atoms with Crippen LogP contribution in [0.3, 0.4) is 0 Å². The van der Waals surface area contributed by atoms with Crippen molar-refractivity contribution < 1.29 is 18.0 Å². The van der Waals surface area contributed by atoms with Gasteiger partial charge in [0.2, 0.25) is 0 Å². The van der Waals surface area contributed by atoms with Crippen LogP contribution in [0.25, 0.3) is 0 Å². The molecule has 2 amide bonds. The van der Waals surface area contributed by atoms with Crippen LogP contribution in [0.4, 0.5) is 18.0 Å². The SMILES string of the molecule is CC(NC(=O)NCc1cccc(Br)c1)c1cccc(C(F)(F)F)c1. The summed E-state index contributed by atoms with van der Waals surface area (Å²) in [5, 5.41) is 5.31. The molecule has 0 heterocycles. The first kappa shape index (κ1) is 18.3. The molecule has 0 saturated carbocycles. The number of hydrogen-bond donors (Lipinski definition) is 2. The average Bonchev–Trinajstić information content (AvgIpc) is 2.52. The van der Waals surface area contributed by atoms with E-state index in [0.717, 1.165) is 22.2 Å². The van der Waals surface area contributed by atoms with Gasteiger partial charge in [-0.2, -0.15) is 13.2 Å². The Hall–Kier alpha value is -2.02. The predicted molar refractivity (Wildman–Crippen MR) is 89.4 cm³/mol. The quantitative estimate of drug-likeness (QED) is 0.742. The third-order valence-corrected chi connectivity index (χ3v) is 3.90. The fraction of sp³-hybridized carbons (Fsp3) is 0.235. The van der Waals surface area contributed by atoms with E-state index in [1.54, 1.807) is 13.0 Å². The molecule has 0 aliphatic carbocycles. The second kappa shape index (κ2) is 7.70. The summed E-state index contributed by atoms with van der Waals surface area (Å²) in [5.41, 5.74) is 0.567. The van der Waals surface area contributed by atoms with Crippen molar-refractivity contribution in [3.8, 4) is 0 Å². The van der Waals surface area contributed by atoms with Crippen molar-refractivity contribution in [3.63, 3.8) is 0 Å². The van der Waals surface area contributed by atoms with Crippen molar-refractivity contribution in [2.75, 3.05) is 0 Å². The molecule has 128 valence electrons. The smallest absolute Gasteiger partial charge is 0.334 e. The fourth-order valence-electron chi connectivity index (χ4n) is 2.14. The lowest BCUT2D eigenvalue weighted by Crippen LogP contribution is -2.36. The normalized spacial score (nSPS) is 12.5. The van der Waals surface area contributed by atoms with E-state index in [4.69, 9.17) is 0 Å². The van der Waals surface area contributed by atoms with E-state index in [1.165, 1.54) is 6.07 Å². The van der Waals surface area contributed by atoms with E-state index >= 15 is 0 Å². The predicted octanol–water partition coefficient (Wildman–Crippen LogP) is 5.03. The van der Waals surface area contributed by atoms with Gasteiger partial charge >= 0.3 is 12.2 Å². The minimum atomic E-state index is -4.40. The number of hydrogen-bond acceptors (Lipinski definition) is 1. The maximum Gasteiger partial charge on any atom is 0.416 e. The molecule has 1 atom stereocenters. The minimum Gasteiger partial charge on any atom is -0.334 e. The zero-order chi connectivity index (χ0) is 17.7. The molecule has 0 aromatic heterocycles. The molecule has 3 nitrogen and oxygen atoms in total. The molecule has 2 aromatic carbocycles. The molecule has 0 fully saturated rings. The van der Waals surface area contributed by atoms with Crippen LogP contribution in [0.2, 0.25) is 0 Å². The van der Waals surface area contributed by atoms with Gasteiger partial charge in [0.1, 0.15) is 0 Å². The number of carbonyl (C=O) groups is 1. The summed E-state index contributed by atoms with van der Waals surface area (Å²) in [5.74, 6) is 0. The number of nitrogens with one attached hydrogen (secondary N) is 2. The summed E-state index contributed by atoms with van der Waals surface area (Å²) in [6.07, 6.45) is -4.40. The van der Waals surface area contributed by atoms with Gasteiger partial charge in [-0.15, -0.1) is 0 Å². The summed E-state index contributed by atoms with van der Waals surface area (Å²) >= 11 is 3.34. The first-order valence-electron chi connectivity index (χ1n) is 7.21. The minimum absolute atomic E-state index is 0.320. The van der Waals surface area contributed by atoms with E-state index in [9.17, 15) is 18.0 Å². The summed E-state index contributed by atoms with van der Waals surface area (Å²) in [6.45, 7) is 1.95. The molecule has 0 radical (unpaired) electrons. The van der Waals surface area contributed by atoms with Crippen molar-refractivity contribution in [1.29, 1.82) is 0 Å². The van der Waals surface area contributed by atoms with Gasteiger partial charge in [0, 0.05) is 11.0 Å². The Labute approximate surface area is 146 Å². The Morgan fingerprint density at radius 1 is 1.17 bits per heavy atom. The highest BCUT2D eigenvalue weighted by atomic mass is 79.9. The lowest BCUT2D eigenvalue weighted by atomic mass is 10.1. The van der Waals surface area contributed by atoms with Gasteiger partial charge < -0.3 is 10.6 Å². The molecule has 0 aliphatic rings. The molecule has 0 spiro atoms. The summed E-state index contributed by atoms with van der Waals surface area (Å²) in [6, 6.07) is 11.4. The van der Waals surface area contributed by atoms with Crippen molar-refractivity contribution in [3.05, 3.63) is 69.7 Å². The molecule has 0 saturated heterocycles. The van der Waals surface area contributed by atoms with E-state index in [2.05, 4.69) is 26.6 Å². The van der Waals surface area contributed by atoms with Crippen molar-refractivity contribution in [1.82, 2.24) is 10.6 Å². The number of halogens is 4. The van der Waals surface area contributed by atoms with Crippen LogP contribution in [-0.2, 0) is 12.7 Å². The topological polar surface area (TPSA) is 41.1 Å². The van der Waals surface area contributed by atoms with Gasteiger partial charge in [-0.05, 0) is 42.3 Å². The van der Waals surface area contributed by atoms with Crippen molar-refractivity contribution >= 4 is 22.0 Å². The lowest BCUT2D eigenvalue weighted by Gasteiger charge is -2.17. The van der Waals surface area contributed by atoms with Gasteiger partial charge in [0.15, 0.2) is 0 Å². The Bertz CT molecular complexity index is 719. The second-order valence-electron chi connectivity index (χ2n) is 5.30. The highest BCUT2D eigenvalue weighted by Crippen LogP contribution is 2.30. The van der Waals surface area contributed by atoms with E-state index in [-0.39, 0.29) is 0 Å². The molecule has 7 heteroatoms. The highest BCUT2D eigenvalue weighted by Gasteiger charge is 2.30. The van der Waals surface area contributed by atoms with Gasteiger partial charge in [0.05, 0.1) is 11.6 Å². The van der Waals surface area contributed by atoms with E-state index in [0.29, 0.717) is 12.1 Å². The Balaban J connectivity index is 1.94. The largest absolute Gasteiger partial charge is 0.416 e. The monoisotopic (exact) mass is 400 g/mol. The van der Waals surface area contributed by atoms with Crippen LogP contribution >= 0.6 is 15.9 Å². The van der Waals surface area contributed by atoms with Crippen LogP contribution in [0, 0.1) is 0 Å². The van der Waals surface area contributed by atoms with Crippen molar-refractivity contribution in [2.45, 2.75) is 25.7 Å². The molecule has 2 rings (SSSR count). The summed E-state index contributed by atoms with van der Waals surface area (Å²) in [7, 11) is 0. The number of alkyl halides is 3. The first-order chi connectivity index (χ1) is 11.3. The number of benzene rings is 2. The summed E-state index contributed by atoms with van der Waals surface area (Å²) < 4.78 is 39.1. The van der Waals surface area contributed by atoms with Gasteiger partial charge in [-0.1, -0.05) is 40.2 Å². The van der Waals surface area contributed by atoms with E-state index in [1.807, 2.05) is 24.3 Å². The Morgan fingerprint density at radius 2 is 1.88 bits per heavy atom. The van der Waals surface area contributed by atoms with Gasteiger partial charge in [-0.3, -0.25) is 0 Å². The summed E-state index contributed by atoms with van der Waals surface area (Å²) in [4.78, 5) is 11.9. The Morgan fingerprint density at radius 3 is 2.54 bits per heavy atom. The molecule has 2 aromatic rings. The standard InChI is InChI=1S/C17H16BrF3N2O/c1-11(13-5-3-6-14(9-13)17(19,20)21)23-16(24)22-10-12-4-2-7-15(18)8-12/h2-9,11H,10H2,1H3,(H2,22,23,24). The number of carbonyl (C=O) groups excluding carboxylic acids is 1. The third-order valence-electron chi connectivity index (χ3n) is 3.40. The van der Waals surface area contributed by atoms with Crippen LogP contribution in [0.1, 0.15) is 29.7 Å². The van der Waals surface area contributed by atoms with Gasteiger partial charge in [0.25, 0.3) is 0 Å². The molecular formula is C17H16BrF3N2O. The maximum absolute atomic E-state index is 12.7. The Kier molecular flexibility index (Phi) is 5.88. The molecule has 24 heavy (non-hydrogen) atoms. The van der Waals surface area contributed by atoms with E-state index < -0.39 is 23.8 Å². The highest BCUT2D eigenvalue weighted by molar-refractivity contribution is 9.10. The fourth-order valence-corrected chi connectivity index (χ4v) is 2.59. The zero-order valence-corrected chi connectivity index (χ0v) is 14.4. The lowest BCUT2D eigenvalue weighted by molar-refractivity contribution is -0.137. The average molecular weight is 401 g/mol. The van der Waals surface area contributed by atoms with Crippen molar-refractivity contribution in [2.24, 2.45) is 0 Å². The maximum atomic E-state index is 12.7. The molecule has 2 N–H and O–H groups in total. The molecule has 0 bridgehead atoms. The van der Waals surface area contributed by atoms with Crippen LogP contribution in [0.15, 0.2) is 53.0 Å². The van der Waals surface area contributed by atoms with Crippen LogP contribution in [0.5, 0.6) is 0 Å². The molecular weight excluding hydrogens is 385 g/mol. The first-order valence-corrected chi connectivity index (χ1v) is 8.01. The molecule has 1 unspecified atom stereocenters. The molecule has 0 aliphatic heterocycles. The number of rotatable bonds is 4. The zero-order valence-electron chi connectivity index (χ0n) is 12.8. The van der Waals surface area contributed by atoms with Gasteiger partial charge in [-0.25, -0.2) is 4.79 Å². The van der Waals surface area contributed by atoms with Crippen LogP contribution in [-0.4, -0.2) is 6.03 Å². The second-order valence-corrected chi connectivity index (χ2v) is 6.22. The third kappa shape index (κ3) is 5.26.